The molecule has 0 aliphatic carbocycles. The summed E-state index contributed by atoms with van der Waals surface area (Å²) in [5, 5.41) is 21.1. The number of hydrogen-bond donors (Lipinski definition) is 3. The summed E-state index contributed by atoms with van der Waals surface area (Å²) in [6, 6.07) is 13.6. The molecular weight excluding hydrogens is 242 g/mol. The second-order valence-electron chi connectivity index (χ2n) is 4.21. The number of carbonyl (C=O) groups is 1. The van der Waals surface area contributed by atoms with Gasteiger partial charge >= 0.3 is 0 Å². The minimum absolute atomic E-state index is 0.0195. The molecule has 0 aliphatic heterocycles. The fourth-order valence-corrected chi connectivity index (χ4v) is 1.77. The highest BCUT2D eigenvalue weighted by Crippen LogP contribution is 2.11. The SMILES string of the molecule is O=C(NCc1cccc(CO)c1)c1cccc(O)c1. The first-order valence-electron chi connectivity index (χ1n) is 5.95. The number of carbonyl (C=O) groups excluding carboxylic acids is 1. The average molecular weight is 257 g/mol. The number of aliphatic hydroxyl groups is 1. The van der Waals surface area contributed by atoms with Gasteiger partial charge in [0, 0.05) is 12.1 Å². The topological polar surface area (TPSA) is 69.6 Å². The summed E-state index contributed by atoms with van der Waals surface area (Å²) in [4.78, 5) is 11.9. The summed E-state index contributed by atoms with van der Waals surface area (Å²) in [5.74, 6) is -0.180. The maximum Gasteiger partial charge on any atom is 0.251 e. The van der Waals surface area contributed by atoms with Crippen LogP contribution in [-0.2, 0) is 13.2 Å². The van der Waals surface area contributed by atoms with Crippen LogP contribution >= 0.6 is 0 Å². The quantitative estimate of drug-likeness (QED) is 0.782. The van der Waals surface area contributed by atoms with E-state index in [0.717, 1.165) is 11.1 Å². The van der Waals surface area contributed by atoms with Crippen LogP contribution in [0.1, 0.15) is 21.5 Å². The van der Waals surface area contributed by atoms with Gasteiger partial charge in [-0.05, 0) is 29.3 Å². The van der Waals surface area contributed by atoms with Crippen LogP contribution in [0.4, 0.5) is 0 Å². The van der Waals surface area contributed by atoms with Gasteiger partial charge in [0.05, 0.1) is 6.61 Å². The zero-order valence-corrected chi connectivity index (χ0v) is 10.3. The van der Waals surface area contributed by atoms with Gasteiger partial charge < -0.3 is 15.5 Å². The third kappa shape index (κ3) is 3.56. The predicted molar refractivity (Wildman–Crippen MR) is 71.6 cm³/mol. The number of amides is 1. The van der Waals surface area contributed by atoms with Gasteiger partial charge in [0.2, 0.25) is 0 Å². The van der Waals surface area contributed by atoms with Crippen LogP contribution in [0, 0.1) is 0 Å². The van der Waals surface area contributed by atoms with Gasteiger partial charge in [-0.25, -0.2) is 0 Å². The van der Waals surface area contributed by atoms with Gasteiger partial charge in [-0.2, -0.15) is 0 Å². The van der Waals surface area contributed by atoms with Crippen LogP contribution < -0.4 is 5.32 Å². The Morgan fingerprint density at radius 3 is 2.53 bits per heavy atom. The average Bonchev–Trinajstić information content (AvgIpc) is 2.45. The zero-order chi connectivity index (χ0) is 13.7. The second-order valence-corrected chi connectivity index (χ2v) is 4.21. The number of rotatable bonds is 4. The molecule has 0 saturated carbocycles. The number of aromatic hydroxyl groups is 1. The molecule has 0 aromatic heterocycles. The lowest BCUT2D eigenvalue weighted by Gasteiger charge is -2.07. The summed E-state index contributed by atoms with van der Waals surface area (Å²) in [5.41, 5.74) is 2.14. The molecule has 0 saturated heterocycles. The summed E-state index contributed by atoms with van der Waals surface area (Å²) in [6.07, 6.45) is 0. The molecular formula is C15H15NO3. The molecule has 2 aromatic carbocycles. The fourth-order valence-electron chi connectivity index (χ4n) is 1.77. The molecule has 4 nitrogen and oxygen atoms in total. The van der Waals surface area contributed by atoms with E-state index in [2.05, 4.69) is 5.32 Å². The minimum Gasteiger partial charge on any atom is -0.508 e. The van der Waals surface area contributed by atoms with Crippen molar-refractivity contribution in [3.63, 3.8) is 0 Å². The van der Waals surface area contributed by atoms with Crippen molar-refractivity contribution in [1.29, 1.82) is 0 Å². The predicted octanol–water partition coefficient (Wildman–Crippen LogP) is 1.81. The maximum absolute atomic E-state index is 11.9. The third-order valence-corrected chi connectivity index (χ3v) is 2.74. The van der Waals surface area contributed by atoms with E-state index < -0.39 is 0 Å². The molecule has 0 aliphatic rings. The van der Waals surface area contributed by atoms with E-state index >= 15 is 0 Å². The molecule has 98 valence electrons. The van der Waals surface area contributed by atoms with Crippen molar-refractivity contribution in [1.82, 2.24) is 5.32 Å². The summed E-state index contributed by atoms with van der Waals surface area (Å²) in [7, 11) is 0. The summed E-state index contributed by atoms with van der Waals surface area (Å²) >= 11 is 0. The van der Waals surface area contributed by atoms with Gasteiger partial charge in [-0.1, -0.05) is 30.3 Å². The molecule has 0 heterocycles. The fraction of sp³-hybridized carbons (Fsp3) is 0.133. The second kappa shape index (κ2) is 6.02. The molecule has 2 rings (SSSR count). The van der Waals surface area contributed by atoms with Crippen LogP contribution in [0.15, 0.2) is 48.5 Å². The first kappa shape index (κ1) is 13.1. The molecule has 3 N–H and O–H groups in total. The first-order valence-corrected chi connectivity index (χ1v) is 5.95. The van der Waals surface area contributed by atoms with Gasteiger partial charge in [-0.15, -0.1) is 0 Å². The van der Waals surface area contributed by atoms with Crippen molar-refractivity contribution < 1.29 is 15.0 Å². The van der Waals surface area contributed by atoms with E-state index in [4.69, 9.17) is 5.11 Å². The van der Waals surface area contributed by atoms with E-state index in [0.29, 0.717) is 12.1 Å². The zero-order valence-electron chi connectivity index (χ0n) is 10.3. The summed E-state index contributed by atoms with van der Waals surface area (Å²) < 4.78 is 0. The highest BCUT2D eigenvalue weighted by Gasteiger charge is 2.05. The lowest BCUT2D eigenvalue weighted by atomic mass is 10.1. The number of nitrogens with one attached hydrogen (secondary N) is 1. The Morgan fingerprint density at radius 1 is 1.05 bits per heavy atom. The number of aliphatic hydroxyl groups excluding tert-OH is 1. The Bertz CT molecular complexity index is 581. The Hall–Kier alpha value is -2.33. The molecule has 0 bridgehead atoms. The van der Waals surface area contributed by atoms with E-state index in [9.17, 15) is 9.90 Å². The Morgan fingerprint density at radius 2 is 1.79 bits per heavy atom. The van der Waals surface area contributed by atoms with Crippen LogP contribution in [0.2, 0.25) is 0 Å². The van der Waals surface area contributed by atoms with Gasteiger partial charge in [0.15, 0.2) is 0 Å². The van der Waals surface area contributed by atoms with Crippen LogP contribution in [-0.4, -0.2) is 16.1 Å². The smallest absolute Gasteiger partial charge is 0.251 e. The van der Waals surface area contributed by atoms with Crippen molar-refractivity contribution in [3.05, 3.63) is 65.2 Å². The van der Waals surface area contributed by atoms with Crippen LogP contribution in [0.5, 0.6) is 5.75 Å². The Kier molecular flexibility index (Phi) is 4.15. The standard InChI is InChI=1S/C15H15NO3/c17-10-12-4-1-3-11(7-12)9-16-15(19)13-5-2-6-14(18)8-13/h1-8,17-18H,9-10H2,(H,16,19). The molecule has 0 atom stereocenters. The Labute approximate surface area is 111 Å². The molecule has 2 aromatic rings. The first-order chi connectivity index (χ1) is 9.19. The largest absolute Gasteiger partial charge is 0.508 e. The molecule has 4 heteroatoms. The van der Waals surface area contributed by atoms with Crippen molar-refractivity contribution in [2.24, 2.45) is 0 Å². The lowest BCUT2D eigenvalue weighted by Crippen LogP contribution is -2.22. The number of hydrogen-bond acceptors (Lipinski definition) is 3. The molecule has 0 radical (unpaired) electrons. The van der Waals surface area contributed by atoms with E-state index in [1.807, 2.05) is 24.3 Å². The molecule has 0 spiro atoms. The van der Waals surface area contributed by atoms with Crippen molar-refractivity contribution in [3.8, 4) is 5.75 Å². The highest BCUT2D eigenvalue weighted by atomic mass is 16.3. The number of phenols is 1. The molecule has 0 unspecified atom stereocenters. The highest BCUT2D eigenvalue weighted by molar-refractivity contribution is 5.94. The number of benzene rings is 2. The molecule has 0 fully saturated rings. The lowest BCUT2D eigenvalue weighted by molar-refractivity contribution is 0.0950. The van der Waals surface area contributed by atoms with Gasteiger partial charge in [0.25, 0.3) is 5.91 Å². The van der Waals surface area contributed by atoms with Crippen molar-refractivity contribution in [2.75, 3.05) is 0 Å². The Balaban J connectivity index is 2.00. The molecule has 1 amide bonds. The van der Waals surface area contributed by atoms with Gasteiger partial charge in [0.1, 0.15) is 5.75 Å². The summed E-state index contributed by atoms with van der Waals surface area (Å²) in [6.45, 7) is 0.358. The van der Waals surface area contributed by atoms with E-state index in [-0.39, 0.29) is 18.3 Å². The monoisotopic (exact) mass is 257 g/mol. The minimum atomic E-state index is -0.245. The van der Waals surface area contributed by atoms with Crippen molar-refractivity contribution >= 4 is 5.91 Å². The van der Waals surface area contributed by atoms with Crippen molar-refractivity contribution in [2.45, 2.75) is 13.2 Å². The van der Waals surface area contributed by atoms with Crippen LogP contribution in [0.25, 0.3) is 0 Å². The normalized spacial score (nSPS) is 10.2. The van der Waals surface area contributed by atoms with Gasteiger partial charge in [-0.3, -0.25) is 4.79 Å². The third-order valence-electron chi connectivity index (χ3n) is 2.74. The number of phenolic OH excluding ortho intramolecular Hbond substituents is 1. The maximum atomic E-state index is 11.9. The van der Waals surface area contributed by atoms with Crippen LogP contribution in [0.3, 0.4) is 0 Å². The van der Waals surface area contributed by atoms with E-state index in [1.54, 1.807) is 12.1 Å². The molecule has 19 heavy (non-hydrogen) atoms. The van der Waals surface area contributed by atoms with E-state index in [1.165, 1.54) is 12.1 Å².